The van der Waals surface area contributed by atoms with Gasteiger partial charge in [0.15, 0.2) is 0 Å². The van der Waals surface area contributed by atoms with Gasteiger partial charge in [0.2, 0.25) is 5.91 Å². The second-order valence-electron chi connectivity index (χ2n) is 4.63. The largest absolute Gasteiger partial charge is 0.352 e. The number of hydrogen-bond donors (Lipinski definition) is 1. The van der Waals surface area contributed by atoms with Crippen molar-refractivity contribution in [3.05, 3.63) is 47.5 Å². The normalized spacial score (nSPS) is 19.0. The number of amides is 1. The van der Waals surface area contributed by atoms with Crippen LogP contribution in [0.3, 0.4) is 0 Å². The van der Waals surface area contributed by atoms with Gasteiger partial charge in [-0.25, -0.2) is 0 Å². The van der Waals surface area contributed by atoms with E-state index in [1.54, 1.807) is 0 Å². The predicted molar refractivity (Wildman–Crippen MR) is 69.5 cm³/mol. The molecule has 0 spiro atoms. The van der Waals surface area contributed by atoms with Crippen LogP contribution in [-0.2, 0) is 11.3 Å². The quantitative estimate of drug-likeness (QED) is 0.793. The standard InChI is InChI=1S/C15H19NO/c1-12-7-5-6-10-14(12)11-16-15(17)13-8-3-2-4-9-13/h2-3,5-7,10,13H,4,8-9,11H2,1H3,(H,16,17). The maximum Gasteiger partial charge on any atom is 0.223 e. The van der Waals surface area contributed by atoms with Gasteiger partial charge in [-0.3, -0.25) is 4.79 Å². The molecule has 1 aliphatic carbocycles. The number of benzene rings is 1. The van der Waals surface area contributed by atoms with Gasteiger partial charge in [0.25, 0.3) is 0 Å². The first-order chi connectivity index (χ1) is 8.27. The van der Waals surface area contributed by atoms with Crippen LogP contribution in [0.2, 0.25) is 0 Å². The van der Waals surface area contributed by atoms with Gasteiger partial charge in [-0.2, -0.15) is 0 Å². The van der Waals surface area contributed by atoms with E-state index in [1.165, 1.54) is 11.1 Å². The fourth-order valence-corrected chi connectivity index (χ4v) is 2.17. The second kappa shape index (κ2) is 5.67. The van der Waals surface area contributed by atoms with E-state index in [9.17, 15) is 4.79 Å². The molecular formula is C15H19NO. The van der Waals surface area contributed by atoms with Crippen molar-refractivity contribution in [3.8, 4) is 0 Å². The zero-order chi connectivity index (χ0) is 12.1. The lowest BCUT2D eigenvalue weighted by Gasteiger charge is -2.17. The molecule has 90 valence electrons. The lowest BCUT2D eigenvalue weighted by atomic mass is 9.93. The summed E-state index contributed by atoms with van der Waals surface area (Å²) in [6, 6.07) is 8.17. The molecule has 1 atom stereocenters. The molecule has 1 aliphatic rings. The number of allylic oxidation sites excluding steroid dienone is 2. The van der Waals surface area contributed by atoms with Crippen LogP contribution in [0, 0.1) is 12.8 Å². The average Bonchev–Trinajstić information content (AvgIpc) is 2.38. The van der Waals surface area contributed by atoms with Crippen LogP contribution in [0.25, 0.3) is 0 Å². The first-order valence-corrected chi connectivity index (χ1v) is 6.24. The molecule has 1 aromatic carbocycles. The van der Waals surface area contributed by atoms with Gasteiger partial charge in [-0.1, -0.05) is 36.4 Å². The highest BCUT2D eigenvalue weighted by Crippen LogP contribution is 2.18. The highest BCUT2D eigenvalue weighted by Gasteiger charge is 2.18. The molecule has 0 saturated heterocycles. The van der Waals surface area contributed by atoms with Crippen molar-refractivity contribution >= 4 is 5.91 Å². The van der Waals surface area contributed by atoms with Gasteiger partial charge in [0.1, 0.15) is 0 Å². The molecule has 0 aliphatic heterocycles. The Kier molecular flexibility index (Phi) is 3.97. The van der Waals surface area contributed by atoms with E-state index in [2.05, 4.69) is 36.5 Å². The molecule has 1 N–H and O–H groups in total. The third-order valence-corrected chi connectivity index (χ3v) is 3.35. The lowest BCUT2D eigenvalue weighted by molar-refractivity contribution is -0.125. The van der Waals surface area contributed by atoms with Crippen LogP contribution in [0.1, 0.15) is 30.4 Å². The zero-order valence-corrected chi connectivity index (χ0v) is 10.3. The lowest BCUT2D eigenvalue weighted by Crippen LogP contribution is -2.30. The highest BCUT2D eigenvalue weighted by atomic mass is 16.1. The fraction of sp³-hybridized carbons (Fsp3) is 0.400. The van der Waals surface area contributed by atoms with Crippen molar-refractivity contribution < 1.29 is 4.79 Å². The molecule has 2 nitrogen and oxygen atoms in total. The Morgan fingerprint density at radius 2 is 2.18 bits per heavy atom. The molecule has 1 aromatic rings. The topological polar surface area (TPSA) is 29.1 Å². The van der Waals surface area contributed by atoms with Gasteiger partial charge in [0.05, 0.1) is 0 Å². The first kappa shape index (κ1) is 11.9. The van der Waals surface area contributed by atoms with E-state index in [1.807, 2.05) is 12.1 Å². The average molecular weight is 229 g/mol. The summed E-state index contributed by atoms with van der Waals surface area (Å²) >= 11 is 0. The van der Waals surface area contributed by atoms with E-state index in [4.69, 9.17) is 0 Å². The number of hydrogen-bond acceptors (Lipinski definition) is 1. The molecular weight excluding hydrogens is 210 g/mol. The second-order valence-corrected chi connectivity index (χ2v) is 4.63. The Balaban J connectivity index is 1.88. The minimum absolute atomic E-state index is 0.170. The van der Waals surface area contributed by atoms with Gasteiger partial charge in [0, 0.05) is 12.5 Å². The van der Waals surface area contributed by atoms with Gasteiger partial charge in [-0.05, 0) is 37.3 Å². The van der Waals surface area contributed by atoms with E-state index in [0.717, 1.165) is 19.3 Å². The van der Waals surface area contributed by atoms with Crippen molar-refractivity contribution in [2.45, 2.75) is 32.7 Å². The summed E-state index contributed by atoms with van der Waals surface area (Å²) in [5, 5.41) is 3.04. The Morgan fingerprint density at radius 1 is 1.35 bits per heavy atom. The van der Waals surface area contributed by atoms with Crippen LogP contribution >= 0.6 is 0 Å². The van der Waals surface area contributed by atoms with E-state index < -0.39 is 0 Å². The Hall–Kier alpha value is -1.57. The van der Waals surface area contributed by atoms with Gasteiger partial charge in [-0.15, -0.1) is 0 Å². The maximum absolute atomic E-state index is 11.9. The molecule has 0 saturated carbocycles. The van der Waals surface area contributed by atoms with E-state index in [-0.39, 0.29) is 11.8 Å². The number of carbonyl (C=O) groups is 1. The highest BCUT2D eigenvalue weighted by molar-refractivity contribution is 5.79. The SMILES string of the molecule is Cc1ccccc1CNC(=O)C1CC=CCC1. The summed E-state index contributed by atoms with van der Waals surface area (Å²) in [5.74, 6) is 0.363. The summed E-state index contributed by atoms with van der Waals surface area (Å²) in [5.41, 5.74) is 2.43. The molecule has 0 fully saturated rings. The Bertz CT molecular complexity index is 423. The first-order valence-electron chi connectivity index (χ1n) is 6.24. The van der Waals surface area contributed by atoms with Crippen LogP contribution in [0.4, 0.5) is 0 Å². The molecule has 0 heterocycles. The molecule has 2 rings (SSSR count). The van der Waals surface area contributed by atoms with E-state index in [0.29, 0.717) is 6.54 Å². The van der Waals surface area contributed by atoms with Crippen LogP contribution in [-0.4, -0.2) is 5.91 Å². The van der Waals surface area contributed by atoms with Crippen molar-refractivity contribution in [1.29, 1.82) is 0 Å². The van der Waals surface area contributed by atoms with Crippen molar-refractivity contribution in [3.63, 3.8) is 0 Å². The summed E-state index contributed by atoms with van der Waals surface area (Å²) in [6.45, 7) is 2.72. The third kappa shape index (κ3) is 3.19. The summed E-state index contributed by atoms with van der Waals surface area (Å²) in [7, 11) is 0. The zero-order valence-electron chi connectivity index (χ0n) is 10.3. The fourth-order valence-electron chi connectivity index (χ4n) is 2.17. The minimum Gasteiger partial charge on any atom is -0.352 e. The number of carbonyl (C=O) groups excluding carboxylic acids is 1. The molecule has 2 heteroatoms. The summed E-state index contributed by atoms with van der Waals surface area (Å²) in [6.07, 6.45) is 7.17. The number of aryl methyl sites for hydroxylation is 1. The van der Waals surface area contributed by atoms with Gasteiger partial charge < -0.3 is 5.32 Å². The number of rotatable bonds is 3. The van der Waals surface area contributed by atoms with Crippen molar-refractivity contribution in [1.82, 2.24) is 5.32 Å². The molecule has 1 unspecified atom stereocenters. The van der Waals surface area contributed by atoms with Crippen LogP contribution in [0.15, 0.2) is 36.4 Å². The number of nitrogens with one attached hydrogen (secondary N) is 1. The van der Waals surface area contributed by atoms with E-state index >= 15 is 0 Å². The summed E-state index contributed by atoms with van der Waals surface area (Å²) in [4.78, 5) is 11.9. The Morgan fingerprint density at radius 3 is 2.88 bits per heavy atom. The van der Waals surface area contributed by atoms with Crippen LogP contribution in [0.5, 0.6) is 0 Å². The third-order valence-electron chi connectivity index (χ3n) is 3.35. The predicted octanol–water partition coefficient (Wildman–Crippen LogP) is 2.97. The monoisotopic (exact) mass is 229 g/mol. The smallest absolute Gasteiger partial charge is 0.223 e. The summed E-state index contributed by atoms with van der Waals surface area (Å²) < 4.78 is 0. The molecule has 1 amide bonds. The van der Waals surface area contributed by atoms with Crippen molar-refractivity contribution in [2.24, 2.45) is 5.92 Å². The molecule has 0 aromatic heterocycles. The molecule has 17 heavy (non-hydrogen) atoms. The Labute approximate surface area is 103 Å². The molecule has 0 bridgehead atoms. The maximum atomic E-state index is 11.9. The van der Waals surface area contributed by atoms with Crippen molar-refractivity contribution in [2.75, 3.05) is 0 Å². The molecule has 0 radical (unpaired) electrons. The van der Waals surface area contributed by atoms with Gasteiger partial charge >= 0.3 is 0 Å². The van der Waals surface area contributed by atoms with Crippen LogP contribution < -0.4 is 5.32 Å². The minimum atomic E-state index is 0.170.